The van der Waals surface area contributed by atoms with E-state index in [1.54, 1.807) is 26.2 Å². The summed E-state index contributed by atoms with van der Waals surface area (Å²) in [7, 11) is 1.58. The summed E-state index contributed by atoms with van der Waals surface area (Å²) in [6.45, 7) is 4.41. The number of ether oxygens (including phenoxy) is 2. The molecule has 2 aromatic rings. The summed E-state index contributed by atoms with van der Waals surface area (Å²) in [4.78, 5) is 15.2. The van der Waals surface area contributed by atoms with Gasteiger partial charge in [-0.1, -0.05) is 11.6 Å². The second-order valence-electron chi connectivity index (χ2n) is 7.96. The van der Waals surface area contributed by atoms with Gasteiger partial charge in [-0.05, 0) is 55.2 Å². The van der Waals surface area contributed by atoms with Crippen molar-refractivity contribution in [3.05, 3.63) is 58.1 Å². The summed E-state index contributed by atoms with van der Waals surface area (Å²) in [6.07, 6.45) is -3.60. The van der Waals surface area contributed by atoms with Gasteiger partial charge in [0.1, 0.15) is 5.75 Å². The van der Waals surface area contributed by atoms with E-state index in [0.29, 0.717) is 42.1 Å². The molecule has 0 N–H and O–H groups in total. The molecular weight excluding hydrogens is 395 g/mol. The molecule has 1 aliphatic carbocycles. The van der Waals surface area contributed by atoms with E-state index < -0.39 is 11.7 Å². The average molecular weight is 419 g/mol. The lowest BCUT2D eigenvalue weighted by Gasteiger charge is -2.30. The van der Waals surface area contributed by atoms with Crippen LogP contribution in [0.5, 0.6) is 5.75 Å². The molecule has 2 aliphatic rings. The Kier molecular flexibility index (Phi) is 5.49. The number of hydrogen-bond donors (Lipinski definition) is 0. The van der Waals surface area contributed by atoms with Crippen molar-refractivity contribution in [3.8, 4) is 5.75 Å². The van der Waals surface area contributed by atoms with Crippen molar-refractivity contribution in [3.63, 3.8) is 0 Å². The highest BCUT2D eigenvalue weighted by molar-refractivity contribution is 6.03. The third-order valence-electron chi connectivity index (χ3n) is 5.81. The maximum atomic E-state index is 13.2. The van der Waals surface area contributed by atoms with E-state index in [9.17, 15) is 18.0 Å². The summed E-state index contributed by atoms with van der Waals surface area (Å²) in [5.41, 5.74) is 2.88. The Morgan fingerprint density at radius 1 is 1.13 bits per heavy atom. The van der Waals surface area contributed by atoms with Crippen LogP contribution in [0.4, 0.5) is 18.9 Å². The molecule has 0 aromatic heterocycles. The normalized spacial score (nSPS) is 19.2. The van der Waals surface area contributed by atoms with Gasteiger partial charge in [-0.25, -0.2) is 0 Å². The Bertz CT molecular complexity index is 965. The molecule has 1 aliphatic heterocycles. The molecule has 1 unspecified atom stereocenters. The molecule has 0 saturated carbocycles. The van der Waals surface area contributed by atoms with Gasteiger partial charge in [-0.15, -0.1) is 0 Å². The molecule has 2 aromatic carbocycles. The largest absolute Gasteiger partial charge is 0.495 e. The molecule has 7 heteroatoms. The fraction of sp³-hybridized carbons (Fsp3) is 0.435. The van der Waals surface area contributed by atoms with Crippen molar-refractivity contribution in [2.75, 3.05) is 38.3 Å². The van der Waals surface area contributed by atoms with Crippen LogP contribution in [-0.2, 0) is 23.8 Å². The lowest BCUT2D eigenvalue weighted by Crippen LogP contribution is -2.36. The molecule has 30 heavy (non-hydrogen) atoms. The molecule has 4 nitrogen and oxygen atoms in total. The predicted octanol–water partition coefficient (Wildman–Crippen LogP) is 4.46. The quantitative estimate of drug-likeness (QED) is 0.734. The number of methoxy groups -OCH3 is 1. The third kappa shape index (κ3) is 4.03. The van der Waals surface area contributed by atoms with Gasteiger partial charge in [0.15, 0.2) is 5.78 Å². The maximum Gasteiger partial charge on any atom is 0.416 e. The van der Waals surface area contributed by atoms with E-state index in [4.69, 9.17) is 9.47 Å². The number of morpholine rings is 1. The molecule has 160 valence electrons. The number of carbonyl (C=O) groups excluding carboxylic acids is 1. The van der Waals surface area contributed by atoms with E-state index in [1.165, 1.54) is 0 Å². The number of alkyl halides is 3. The van der Waals surface area contributed by atoms with Gasteiger partial charge in [-0.2, -0.15) is 13.2 Å². The van der Waals surface area contributed by atoms with E-state index in [-0.39, 0.29) is 18.1 Å². The Morgan fingerprint density at radius 2 is 1.87 bits per heavy atom. The van der Waals surface area contributed by atoms with Crippen LogP contribution < -0.4 is 9.64 Å². The predicted molar refractivity (Wildman–Crippen MR) is 107 cm³/mol. The zero-order valence-electron chi connectivity index (χ0n) is 17.0. The highest BCUT2D eigenvalue weighted by Crippen LogP contribution is 2.39. The van der Waals surface area contributed by atoms with Gasteiger partial charge in [0.05, 0.1) is 31.6 Å². The van der Waals surface area contributed by atoms with Crippen LogP contribution in [0, 0.1) is 12.8 Å². The number of hydrogen-bond acceptors (Lipinski definition) is 4. The van der Waals surface area contributed by atoms with Gasteiger partial charge in [0, 0.05) is 24.6 Å². The number of benzene rings is 2. The molecule has 0 bridgehead atoms. The van der Waals surface area contributed by atoms with Crippen molar-refractivity contribution in [2.24, 2.45) is 5.92 Å². The summed E-state index contributed by atoms with van der Waals surface area (Å²) in [6, 6.07) is 7.79. The standard InChI is InChI=1S/C23H24F3NO3/c1-14-7-15(10-18(8-14)23(24,25)26)9-17-11-16-12-20(27-3-5-30-6-4-27)21(29-2)13-19(16)22(17)28/h7-8,10,12-13,17H,3-6,9,11H2,1-2H3. The van der Waals surface area contributed by atoms with Crippen LogP contribution in [0.3, 0.4) is 0 Å². The fourth-order valence-electron chi connectivity index (χ4n) is 4.40. The first kappa shape index (κ1) is 20.7. The zero-order valence-corrected chi connectivity index (χ0v) is 17.0. The number of carbonyl (C=O) groups is 1. The Labute approximate surface area is 173 Å². The highest BCUT2D eigenvalue weighted by Gasteiger charge is 2.34. The second kappa shape index (κ2) is 7.95. The first-order valence-electron chi connectivity index (χ1n) is 10.0. The molecule has 0 radical (unpaired) electrons. The number of anilines is 1. The minimum Gasteiger partial charge on any atom is -0.495 e. The van der Waals surface area contributed by atoms with E-state index in [1.807, 2.05) is 6.07 Å². The van der Waals surface area contributed by atoms with Crippen LogP contribution in [-0.4, -0.2) is 39.2 Å². The first-order valence-corrected chi connectivity index (χ1v) is 10.0. The number of aryl methyl sites for hydroxylation is 1. The summed E-state index contributed by atoms with van der Waals surface area (Å²) < 4.78 is 50.4. The molecule has 1 heterocycles. The zero-order chi connectivity index (χ0) is 21.5. The minimum absolute atomic E-state index is 0.0353. The minimum atomic E-state index is -4.40. The van der Waals surface area contributed by atoms with Gasteiger partial charge >= 0.3 is 6.18 Å². The number of nitrogens with zero attached hydrogens (tertiary/aromatic N) is 1. The van der Waals surface area contributed by atoms with Crippen LogP contribution in [0.25, 0.3) is 0 Å². The van der Waals surface area contributed by atoms with Crippen molar-refractivity contribution < 1.29 is 27.4 Å². The maximum absolute atomic E-state index is 13.2. The molecule has 1 atom stereocenters. The van der Waals surface area contributed by atoms with Gasteiger partial charge in [0.25, 0.3) is 0 Å². The van der Waals surface area contributed by atoms with Gasteiger partial charge in [0.2, 0.25) is 0 Å². The summed E-state index contributed by atoms with van der Waals surface area (Å²) in [5, 5.41) is 0. The number of rotatable bonds is 4. The van der Waals surface area contributed by atoms with E-state index in [2.05, 4.69) is 4.90 Å². The number of fused-ring (bicyclic) bond motifs is 1. The summed E-state index contributed by atoms with van der Waals surface area (Å²) in [5.74, 6) is 0.235. The molecular formula is C23H24F3NO3. The molecule has 0 amide bonds. The number of ketones is 1. The Morgan fingerprint density at radius 3 is 2.53 bits per heavy atom. The number of halogens is 3. The van der Waals surface area contributed by atoms with Crippen molar-refractivity contribution in [2.45, 2.75) is 25.9 Å². The lowest BCUT2D eigenvalue weighted by atomic mass is 9.93. The molecule has 1 saturated heterocycles. The summed E-state index contributed by atoms with van der Waals surface area (Å²) >= 11 is 0. The Balaban J connectivity index is 1.60. The van der Waals surface area contributed by atoms with Gasteiger partial charge < -0.3 is 14.4 Å². The lowest BCUT2D eigenvalue weighted by molar-refractivity contribution is -0.137. The number of Topliss-reactive ketones (excluding diaryl/α,β-unsaturated/α-hetero) is 1. The molecule has 0 spiro atoms. The van der Waals surface area contributed by atoms with Crippen molar-refractivity contribution in [1.29, 1.82) is 0 Å². The van der Waals surface area contributed by atoms with Crippen LogP contribution in [0.1, 0.15) is 32.6 Å². The van der Waals surface area contributed by atoms with E-state index in [0.717, 1.165) is 36.5 Å². The third-order valence-corrected chi connectivity index (χ3v) is 5.81. The van der Waals surface area contributed by atoms with Crippen molar-refractivity contribution in [1.82, 2.24) is 0 Å². The van der Waals surface area contributed by atoms with Crippen LogP contribution >= 0.6 is 0 Å². The topological polar surface area (TPSA) is 38.8 Å². The first-order chi connectivity index (χ1) is 14.3. The smallest absolute Gasteiger partial charge is 0.416 e. The molecule has 4 rings (SSSR count). The van der Waals surface area contributed by atoms with Gasteiger partial charge in [-0.3, -0.25) is 4.79 Å². The van der Waals surface area contributed by atoms with Crippen LogP contribution in [0.15, 0.2) is 30.3 Å². The second-order valence-corrected chi connectivity index (χ2v) is 7.96. The Hall–Kier alpha value is -2.54. The monoisotopic (exact) mass is 419 g/mol. The van der Waals surface area contributed by atoms with E-state index >= 15 is 0 Å². The highest BCUT2D eigenvalue weighted by atomic mass is 19.4. The SMILES string of the molecule is COc1cc2c(cc1N1CCOCC1)CC(Cc1cc(C)cc(C(F)(F)F)c1)C2=O. The van der Waals surface area contributed by atoms with Crippen molar-refractivity contribution >= 4 is 11.5 Å². The average Bonchev–Trinajstić information content (AvgIpc) is 3.01. The molecule has 1 fully saturated rings. The van der Waals surface area contributed by atoms with Crippen LogP contribution in [0.2, 0.25) is 0 Å². The fourth-order valence-corrected chi connectivity index (χ4v) is 4.40.